The maximum Gasteiger partial charge on any atom is 0.251 e. The summed E-state index contributed by atoms with van der Waals surface area (Å²) < 4.78 is 0. The lowest BCUT2D eigenvalue weighted by atomic mass is 10.2. The van der Waals surface area contributed by atoms with E-state index in [1.807, 2.05) is 0 Å². The maximum atomic E-state index is 12.0. The van der Waals surface area contributed by atoms with Crippen LogP contribution in [0.2, 0.25) is 5.02 Å². The summed E-state index contributed by atoms with van der Waals surface area (Å²) in [6.45, 7) is 5.83. The fourth-order valence-electron chi connectivity index (χ4n) is 1.68. The van der Waals surface area contributed by atoms with Gasteiger partial charge in [-0.1, -0.05) is 25.4 Å². The van der Waals surface area contributed by atoms with Crippen molar-refractivity contribution in [3.63, 3.8) is 0 Å². The van der Waals surface area contributed by atoms with Gasteiger partial charge in [-0.05, 0) is 31.2 Å². The molecule has 0 saturated heterocycles. The number of carbonyl (C=O) groups is 3. The van der Waals surface area contributed by atoms with Crippen LogP contribution >= 0.6 is 11.6 Å². The Morgan fingerprint density at radius 2 is 1.48 bits per heavy atom. The summed E-state index contributed by atoms with van der Waals surface area (Å²) in [6.07, 6.45) is 0. The van der Waals surface area contributed by atoms with Crippen molar-refractivity contribution in [2.75, 3.05) is 13.1 Å². The Kier molecular flexibility index (Phi) is 7.54. The van der Waals surface area contributed by atoms with E-state index in [2.05, 4.69) is 16.0 Å². The van der Waals surface area contributed by atoms with Crippen molar-refractivity contribution < 1.29 is 14.4 Å². The van der Waals surface area contributed by atoms with Gasteiger partial charge in [0, 0.05) is 29.6 Å². The molecule has 0 spiro atoms. The number of rotatable bonds is 7. The molecule has 126 valence electrons. The van der Waals surface area contributed by atoms with Gasteiger partial charge in [0.05, 0.1) is 0 Å². The first kappa shape index (κ1) is 19.0. The molecule has 23 heavy (non-hydrogen) atoms. The van der Waals surface area contributed by atoms with Gasteiger partial charge in [-0.3, -0.25) is 14.4 Å². The highest BCUT2D eigenvalue weighted by Crippen LogP contribution is 2.09. The van der Waals surface area contributed by atoms with Crippen LogP contribution in [-0.2, 0) is 9.59 Å². The second-order valence-corrected chi connectivity index (χ2v) is 5.88. The van der Waals surface area contributed by atoms with Crippen LogP contribution < -0.4 is 16.0 Å². The lowest BCUT2D eigenvalue weighted by Gasteiger charge is -2.14. The first-order valence-corrected chi connectivity index (χ1v) is 7.81. The van der Waals surface area contributed by atoms with Gasteiger partial charge < -0.3 is 16.0 Å². The highest BCUT2D eigenvalue weighted by atomic mass is 35.5. The molecule has 1 atom stereocenters. The minimum Gasteiger partial charge on any atom is -0.354 e. The molecule has 0 aliphatic carbocycles. The summed E-state index contributed by atoms with van der Waals surface area (Å²) >= 11 is 5.76. The van der Waals surface area contributed by atoms with Crippen LogP contribution in [0.15, 0.2) is 24.3 Å². The number of benzene rings is 1. The van der Waals surface area contributed by atoms with Crippen molar-refractivity contribution in [1.29, 1.82) is 0 Å². The Morgan fingerprint density at radius 3 is 2.00 bits per heavy atom. The Hall–Kier alpha value is -2.08. The SMILES string of the molecule is CC(C)C(=O)NCCNC(=O)C(C)NC(=O)c1ccc(Cl)cc1. The van der Waals surface area contributed by atoms with Gasteiger partial charge in [0.2, 0.25) is 11.8 Å². The maximum absolute atomic E-state index is 12.0. The molecule has 0 aliphatic heterocycles. The monoisotopic (exact) mass is 339 g/mol. The van der Waals surface area contributed by atoms with E-state index in [0.29, 0.717) is 23.7 Å². The fraction of sp³-hybridized carbons (Fsp3) is 0.438. The first-order valence-electron chi connectivity index (χ1n) is 7.43. The average Bonchev–Trinajstić information content (AvgIpc) is 2.51. The van der Waals surface area contributed by atoms with E-state index in [4.69, 9.17) is 11.6 Å². The standard InChI is InChI=1S/C16H22ClN3O3/c1-10(2)14(21)18-8-9-19-15(22)11(3)20-16(23)12-4-6-13(17)7-5-12/h4-7,10-11H,8-9H2,1-3H3,(H,18,21)(H,19,22)(H,20,23). The molecular weight excluding hydrogens is 318 g/mol. The third-order valence-corrected chi connectivity index (χ3v) is 3.35. The predicted octanol–water partition coefficient (Wildman–Crippen LogP) is 1.35. The van der Waals surface area contributed by atoms with E-state index >= 15 is 0 Å². The molecule has 0 aromatic heterocycles. The summed E-state index contributed by atoms with van der Waals surface area (Å²) in [5.74, 6) is -0.824. The fourth-order valence-corrected chi connectivity index (χ4v) is 1.80. The van der Waals surface area contributed by atoms with Crippen LogP contribution in [0.25, 0.3) is 0 Å². The Morgan fingerprint density at radius 1 is 0.957 bits per heavy atom. The van der Waals surface area contributed by atoms with Gasteiger partial charge >= 0.3 is 0 Å². The molecule has 3 N–H and O–H groups in total. The first-order chi connectivity index (χ1) is 10.8. The second-order valence-electron chi connectivity index (χ2n) is 5.44. The minimum absolute atomic E-state index is 0.0664. The molecule has 0 fully saturated rings. The number of nitrogens with one attached hydrogen (secondary N) is 3. The van der Waals surface area contributed by atoms with E-state index in [9.17, 15) is 14.4 Å². The van der Waals surface area contributed by atoms with E-state index in [0.717, 1.165) is 0 Å². The van der Waals surface area contributed by atoms with Gasteiger partial charge in [-0.15, -0.1) is 0 Å². The number of amides is 3. The van der Waals surface area contributed by atoms with Crippen molar-refractivity contribution in [3.05, 3.63) is 34.9 Å². The second kappa shape index (κ2) is 9.15. The summed E-state index contributed by atoms with van der Waals surface area (Å²) in [4.78, 5) is 35.2. The topological polar surface area (TPSA) is 87.3 Å². The zero-order valence-electron chi connectivity index (χ0n) is 13.5. The molecule has 1 aromatic rings. The molecule has 1 aromatic carbocycles. The summed E-state index contributed by atoms with van der Waals surface area (Å²) in [6, 6.07) is 5.71. The smallest absolute Gasteiger partial charge is 0.251 e. The largest absolute Gasteiger partial charge is 0.354 e. The van der Waals surface area contributed by atoms with Crippen molar-refractivity contribution in [2.24, 2.45) is 5.92 Å². The number of hydrogen-bond acceptors (Lipinski definition) is 3. The number of carbonyl (C=O) groups excluding carboxylic acids is 3. The Balaban J connectivity index is 2.35. The Labute approximate surface area is 141 Å². The molecule has 6 nitrogen and oxygen atoms in total. The molecule has 0 bridgehead atoms. The van der Waals surface area contributed by atoms with E-state index in [-0.39, 0.29) is 23.6 Å². The molecule has 3 amide bonds. The van der Waals surface area contributed by atoms with Crippen molar-refractivity contribution in [1.82, 2.24) is 16.0 Å². The number of hydrogen-bond donors (Lipinski definition) is 3. The highest BCUT2D eigenvalue weighted by molar-refractivity contribution is 6.30. The quantitative estimate of drug-likeness (QED) is 0.655. The molecule has 0 radical (unpaired) electrons. The molecular formula is C16H22ClN3O3. The summed E-state index contributed by atoms with van der Waals surface area (Å²) in [7, 11) is 0. The van der Waals surface area contributed by atoms with Crippen molar-refractivity contribution >= 4 is 29.3 Å². The lowest BCUT2D eigenvalue weighted by molar-refractivity contribution is -0.125. The van der Waals surface area contributed by atoms with Gasteiger partial charge in [0.1, 0.15) is 6.04 Å². The molecule has 0 saturated carbocycles. The van der Waals surface area contributed by atoms with Crippen molar-refractivity contribution in [2.45, 2.75) is 26.8 Å². The molecule has 1 rings (SSSR count). The molecule has 0 aliphatic rings. The van der Waals surface area contributed by atoms with Gasteiger partial charge in [-0.25, -0.2) is 0 Å². The van der Waals surface area contributed by atoms with Crippen LogP contribution in [-0.4, -0.2) is 36.9 Å². The van der Waals surface area contributed by atoms with E-state index < -0.39 is 6.04 Å². The van der Waals surface area contributed by atoms with Crippen LogP contribution in [0, 0.1) is 5.92 Å². The van der Waals surface area contributed by atoms with Crippen molar-refractivity contribution in [3.8, 4) is 0 Å². The molecule has 0 heterocycles. The zero-order valence-corrected chi connectivity index (χ0v) is 14.2. The van der Waals surface area contributed by atoms with Crippen LogP contribution in [0.3, 0.4) is 0 Å². The molecule has 1 unspecified atom stereocenters. The lowest BCUT2D eigenvalue weighted by Crippen LogP contribution is -2.46. The average molecular weight is 340 g/mol. The third kappa shape index (κ3) is 6.69. The Bertz CT molecular complexity index is 558. The number of halogens is 1. The summed E-state index contributed by atoms with van der Waals surface area (Å²) in [5, 5.41) is 8.49. The van der Waals surface area contributed by atoms with Crippen LogP contribution in [0.4, 0.5) is 0 Å². The highest BCUT2D eigenvalue weighted by Gasteiger charge is 2.16. The predicted molar refractivity (Wildman–Crippen MR) is 89.2 cm³/mol. The van der Waals surface area contributed by atoms with E-state index in [1.165, 1.54) is 0 Å². The van der Waals surface area contributed by atoms with Gasteiger partial charge in [0.25, 0.3) is 5.91 Å². The van der Waals surface area contributed by atoms with Crippen LogP contribution in [0.5, 0.6) is 0 Å². The van der Waals surface area contributed by atoms with Crippen LogP contribution in [0.1, 0.15) is 31.1 Å². The molecule has 7 heteroatoms. The van der Waals surface area contributed by atoms with Gasteiger partial charge in [-0.2, -0.15) is 0 Å². The van der Waals surface area contributed by atoms with Gasteiger partial charge in [0.15, 0.2) is 0 Å². The minimum atomic E-state index is -0.682. The van der Waals surface area contributed by atoms with E-state index in [1.54, 1.807) is 45.0 Å². The zero-order chi connectivity index (χ0) is 17.4. The summed E-state index contributed by atoms with van der Waals surface area (Å²) in [5.41, 5.74) is 0.429. The third-order valence-electron chi connectivity index (χ3n) is 3.10. The normalized spacial score (nSPS) is 11.7.